The van der Waals surface area contributed by atoms with Gasteiger partial charge in [0.1, 0.15) is 0 Å². The standard InChI is InChI=1S/C10H20S2/c1-4-9(5-8(2)3)10(6-11)7-12/h4,8-12H,1,5-7H2,2-3H3. The summed E-state index contributed by atoms with van der Waals surface area (Å²) in [4.78, 5) is 0. The first-order valence-electron chi connectivity index (χ1n) is 4.50. The van der Waals surface area contributed by atoms with Gasteiger partial charge in [0.2, 0.25) is 0 Å². The lowest BCUT2D eigenvalue weighted by Crippen LogP contribution is -2.18. The van der Waals surface area contributed by atoms with Crippen LogP contribution in [0.3, 0.4) is 0 Å². The number of thiol groups is 2. The summed E-state index contributed by atoms with van der Waals surface area (Å²) >= 11 is 8.63. The Morgan fingerprint density at radius 1 is 1.25 bits per heavy atom. The van der Waals surface area contributed by atoms with Crippen molar-refractivity contribution in [3.05, 3.63) is 12.7 Å². The monoisotopic (exact) mass is 204 g/mol. The van der Waals surface area contributed by atoms with Crippen molar-refractivity contribution in [2.75, 3.05) is 11.5 Å². The van der Waals surface area contributed by atoms with Crippen LogP contribution >= 0.6 is 25.3 Å². The summed E-state index contributed by atoms with van der Waals surface area (Å²) < 4.78 is 0. The first-order valence-corrected chi connectivity index (χ1v) is 5.76. The van der Waals surface area contributed by atoms with Crippen LogP contribution in [0.15, 0.2) is 12.7 Å². The third kappa shape index (κ3) is 4.46. The molecule has 0 aliphatic rings. The van der Waals surface area contributed by atoms with E-state index in [0.29, 0.717) is 11.8 Å². The van der Waals surface area contributed by atoms with Gasteiger partial charge in [0.25, 0.3) is 0 Å². The van der Waals surface area contributed by atoms with Gasteiger partial charge in [-0.25, -0.2) is 0 Å². The van der Waals surface area contributed by atoms with E-state index in [2.05, 4.69) is 51.8 Å². The van der Waals surface area contributed by atoms with Crippen LogP contribution in [0, 0.1) is 17.8 Å². The van der Waals surface area contributed by atoms with Crippen molar-refractivity contribution >= 4 is 25.3 Å². The minimum Gasteiger partial charge on any atom is -0.179 e. The molecule has 0 aliphatic carbocycles. The third-order valence-corrected chi connectivity index (χ3v) is 3.06. The fraction of sp³-hybridized carbons (Fsp3) is 0.800. The maximum Gasteiger partial charge on any atom is -0.00561 e. The molecule has 2 heteroatoms. The van der Waals surface area contributed by atoms with Gasteiger partial charge >= 0.3 is 0 Å². The Morgan fingerprint density at radius 2 is 1.75 bits per heavy atom. The molecule has 0 fully saturated rings. The third-order valence-electron chi connectivity index (χ3n) is 2.12. The molecule has 0 radical (unpaired) electrons. The highest BCUT2D eigenvalue weighted by Crippen LogP contribution is 2.23. The van der Waals surface area contributed by atoms with Crippen molar-refractivity contribution in [2.24, 2.45) is 17.8 Å². The molecule has 0 amide bonds. The summed E-state index contributed by atoms with van der Waals surface area (Å²) in [5.41, 5.74) is 0. The Labute approximate surface area is 87.6 Å². The van der Waals surface area contributed by atoms with Crippen molar-refractivity contribution in [1.29, 1.82) is 0 Å². The van der Waals surface area contributed by atoms with E-state index in [-0.39, 0.29) is 0 Å². The molecule has 0 aromatic heterocycles. The second-order valence-corrected chi connectivity index (χ2v) is 4.38. The highest BCUT2D eigenvalue weighted by Gasteiger charge is 2.16. The van der Waals surface area contributed by atoms with Crippen molar-refractivity contribution in [3.8, 4) is 0 Å². The van der Waals surface area contributed by atoms with Crippen molar-refractivity contribution in [3.63, 3.8) is 0 Å². The van der Waals surface area contributed by atoms with E-state index in [9.17, 15) is 0 Å². The van der Waals surface area contributed by atoms with Gasteiger partial charge in [-0.1, -0.05) is 19.9 Å². The Kier molecular flexibility index (Phi) is 7.16. The quantitative estimate of drug-likeness (QED) is 0.481. The van der Waals surface area contributed by atoms with Gasteiger partial charge in [0.05, 0.1) is 0 Å². The lowest BCUT2D eigenvalue weighted by molar-refractivity contribution is 0.391. The predicted octanol–water partition coefficient (Wildman–Crippen LogP) is 3.31. The molecule has 12 heavy (non-hydrogen) atoms. The first-order chi connectivity index (χ1) is 5.65. The van der Waals surface area contributed by atoms with Crippen molar-refractivity contribution in [2.45, 2.75) is 20.3 Å². The lowest BCUT2D eigenvalue weighted by atomic mass is 9.87. The zero-order chi connectivity index (χ0) is 9.56. The number of allylic oxidation sites excluding steroid dienone is 1. The summed E-state index contributed by atoms with van der Waals surface area (Å²) in [5, 5.41) is 0. The first kappa shape index (κ1) is 12.4. The van der Waals surface area contributed by atoms with Gasteiger partial charge in [0.15, 0.2) is 0 Å². The molecule has 0 heterocycles. The smallest absolute Gasteiger partial charge is 0.00561 e. The molecule has 0 bridgehead atoms. The summed E-state index contributed by atoms with van der Waals surface area (Å²) in [7, 11) is 0. The molecule has 0 saturated carbocycles. The maximum atomic E-state index is 4.31. The average molecular weight is 204 g/mol. The van der Waals surface area contributed by atoms with Crippen molar-refractivity contribution in [1.82, 2.24) is 0 Å². The summed E-state index contributed by atoms with van der Waals surface area (Å²) in [5.74, 6) is 3.71. The molecule has 0 saturated heterocycles. The van der Waals surface area contributed by atoms with E-state index in [1.807, 2.05) is 0 Å². The Bertz CT molecular complexity index is 117. The fourth-order valence-corrected chi connectivity index (χ4v) is 2.36. The van der Waals surface area contributed by atoms with Crippen LogP contribution in [0.25, 0.3) is 0 Å². The van der Waals surface area contributed by atoms with E-state index >= 15 is 0 Å². The van der Waals surface area contributed by atoms with Crippen LogP contribution in [-0.4, -0.2) is 11.5 Å². The average Bonchev–Trinajstić information content (AvgIpc) is 2.04. The minimum atomic E-state index is 0.580. The predicted molar refractivity (Wildman–Crippen MR) is 64.3 cm³/mol. The maximum absolute atomic E-state index is 4.31. The topological polar surface area (TPSA) is 0 Å². The molecular weight excluding hydrogens is 184 g/mol. The van der Waals surface area contributed by atoms with Gasteiger partial charge < -0.3 is 0 Å². The van der Waals surface area contributed by atoms with Gasteiger partial charge in [-0.15, -0.1) is 6.58 Å². The highest BCUT2D eigenvalue weighted by atomic mass is 32.1. The molecule has 0 rings (SSSR count). The van der Waals surface area contributed by atoms with Gasteiger partial charge in [-0.2, -0.15) is 25.3 Å². The fourth-order valence-electron chi connectivity index (χ4n) is 1.35. The van der Waals surface area contributed by atoms with Crippen LogP contribution < -0.4 is 0 Å². The minimum absolute atomic E-state index is 0.580. The van der Waals surface area contributed by atoms with E-state index < -0.39 is 0 Å². The molecule has 1 unspecified atom stereocenters. The van der Waals surface area contributed by atoms with Gasteiger partial charge in [-0.3, -0.25) is 0 Å². The Balaban J connectivity index is 4.01. The number of hydrogen-bond donors (Lipinski definition) is 2. The number of rotatable bonds is 6. The van der Waals surface area contributed by atoms with E-state index in [1.54, 1.807) is 0 Å². The SMILES string of the molecule is C=CC(CC(C)C)C(CS)CS. The zero-order valence-corrected chi connectivity index (χ0v) is 9.82. The van der Waals surface area contributed by atoms with E-state index in [4.69, 9.17) is 0 Å². The second kappa shape index (κ2) is 6.90. The van der Waals surface area contributed by atoms with Crippen LogP contribution in [0.5, 0.6) is 0 Å². The lowest BCUT2D eigenvalue weighted by Gasteiger charge is -2.22. The van der Waals surface area contributed by atoms with Gasteiger partial charge in [0, 0.05) is 0 Å². The van der Waals surface area contributed by atoms with Crippen LogP contribution in [0.2, 0.25) is 0 Å². The van der Waals surface area contributed by atoms with Crippen LogP contribution in [-0.2, 0) is 0 Å². The number of hydrogen-bond acceptors (Lipinski definition) is 2. The van der Waals surface area contributed by atoms with E-state index in [0.717, 1.165) is 17.4 Å². The summed E-state index contributed by atoms with van der Waals surface area (Å²) in [6.45, 7) is 8.34. The normalized spacial score (nSPS) is 13.8. The molecule has 0 aliphatic heterocycles. The molecule has 72 valence electrons. The Hall–Kier alpha value is 0.440. The van der Waals surface area contributed by atoms with Crippen LogP contribution in [0.4, 0.5) is 0 Å². The molecule has 0 aromatic rings. The summed E-state index contributed by atoms with van der Waals surface area (Å²) in [6.07, 6.45) is 3.26. The molecule has 0 N–H and O–H groups in total. The largest absolute Gasteiger partial charge is 0.179 e. The molecule has 1 atom stereocenters. The molecule has 0 spiro atoms. The van der Waals surface area contributed by atoms with Crippen molar-refractivity contribution < 1.29 is 0 Å². The molecule has 0 nitrogen and oxygen atoms in total. The molecular formula is C10H20S2. The molecule has 0 aromatic carbocycles. The second-order valence-electron chi connectivity index (χ2n) is 3.65. The van der Waals surface area contributed by atoms with E-state index in [1.165, 1.54) is 6.42 Å². The van der Waals surface area contributed by atoms with Gasteiger partial charge in [-0.05, 0) is 35.7 Å². The highest BCUT2D eigenvalue weighted by molar-refractivity contribution is 7.81. The summed E-state index contributed by atoms with van der Waals surface area (Å²) in [6, 6.07) is 0. The zero-order valence-electron chi connectivity index (χ0n) is 8.03. The Morgan fingerprint density at radius 3 is 2.00 bits per heavy atom. The van der Waals surface area contributed by atoms with Crippen LogP contribution in [0.1, 0.15) is 20.3 Å².